The van der Waals surface area contributed by atoms with Crippen LogP contribution in [0.1, 0.15) is 18.1 Å². The third-order valence-electron chi connectivity index (χ3n) is 4.36. The van der Waals surface area contributed by atoms with Crippen molar-refractivity contribution in [1.29, 1.82) is 0 Å². The highest BCUT2D eigenvalue weighted by molar-refractivity contribution is 5.76. The van der Waals surface area contributed by atoms with Crippen LogP contribution in [0.3, 0.4) is 0 Å². The van der Waals surface area contributed by atoms with Gasteiger partial charge in [-0.15, -0.1) is 0 Å². The van der Waals surface area contributed by atoms with Gasteiger partial charge in [0.15, 0.2) is 5.43 Å². The van der Waals surface area contributed by atoms with Crippen molar-refractivity contribution in [1.82, 2.24) is 4.90 Å². The fraction of sp³-hybridized carbons (Fsp3) is 0.250. The van der Waals surface area contributed by atoms with E-state index < -0.39 is 0 Å². The molecule has 1 aliphatic heterocycles. The van der Waals surface area contributed by atoms with Crippen LogP contribution in [0.15, 0.2) is 64.0 Å². The summed E-state index contributed by atoms with van der Waals surface area (Å²) in [6, 6.07) is 15.4. The van der Waals surface area contributed by atoms with Crippen molar-refractivity contribution < 1.29 is 9.15 Å². The summed E-state index contributed by atoms with van der Waals surface area (Å²) in [5, 5.41) is 0.634. The molecule has 0 bridgehead atoms. The Labute approximate surface area is 140 Å². The van der Waals surface area contributed by atoms with Gasteiger partial charge < -0.3 is 9.15 Å². The van der Waals surface area contributed by atoms with E-state index in [2.05, 4.69) is 17.9 Å². The Hall–Kier alpha value is -2.59. The first-order valence-corrected chi connectivity index (χ1v) is 8.17. The Morgan fingerprint density at radius 1 is 1.12 bits per heavy atom. The van der Waals surface area contributed by atoms with Gasteiger partial charge in [-0.3, -0.25) is 9.69 Å². The van der Waals surface area contributed by atoms with E-state index in [4.69, 9.17) is 9.15 Å². The van der Waals surface area contributed by atoms with Crippen LogP contribution in [0.2, 0.25) is 0 Å². The molecule has 0 N–H and O–H groups in total. The molecule has 4 nitrogen and oxygen atoms in total. The van der Waals surface area contributed by atoms with Gasteiger partial charge in [-0.25, -0.2) is 0 Å². The van der Waals surface area contributed by atoms with Gasteiger partial charge in [0.25, 0.3) is 0 Å². The van der Waals surface area contributed by atoms with Crippen molar-refractivity contribution in [3.8, 4) is 5.75 Å². The fourth-order valence-corrected chi connectivity index (χ4v) is 3.26. The minimum absolute atomic E-state index is 0.0444. The molecule has 1 unspecified atom stereocenters. The molecule has 2 heterocycles. The van der Waals surface area contributed by atoms with Gasteiger partial charge in [0.1, 0.15) is 17.4 Å². The lowest BCUT2D eigenvalue weighted by molar-refractivity contribution is 0.155. The second kappa shape index (κ2) is 6.13. The Morgan fingerprint density at radius 2 is 1.92 bits per heavy atom. The number of fused-ring (bicyclic) bond motifs is 2. The Bertz CT molecular complexity index is 931. The summed E-state index contributed by atoms with van der Waals surface area (Å²) in [5.74, 6) is 0.929. The zero-order valence-electron chi connectivity index (χ0n) is 13.6. The monoisotopic (exact) mass is 321 g/mol. The zero-order valence-corrected chi connectivity index (χ0v) is 13.6. The van der Waals surface area contributed by atoms with Gasteiger partial charge >= 0.3 is 0 Å². The summed E-state index contributed by atoms with van der Waals surface area (Å²) < 4.78 is 11.6. The van der Waals surface area contributed by atoms with E-state index in [0.29, 0.717) is 23.1 Å². The molecule has 1 aromatic heterocycles. The largest absolute Gasteiger partial charge is 0.489 e. The molecule has 4 heteroatoms. The molecule has 0 radical (unpaired) electrons. The molecule has 0 fully saturated rings. The number of para-hydroxylation sites is 2. The van der Waals surface area contributed by atoms with Crippen molar-refractivity contribution in [3.05, 3.63) is 76.1 Å². The van der Waals surface area contributed by atoms with Crippen molar-refractivity contribution in [2.24, 2.45) is 0 Å². The first kappa shape index (κ1) is 15.0. The summed E-state index contributed by atoms with van der Waals surface area (Å²) in [6.45, 7) is 4.13. The number of ether oxygens (including phenoxy) is 1. The van der Waals surface area contributed by atoms with Gasteiger partial charge in [0, 0.05) is 30.8 Å². The Balaban J connectivity index is 1.66. The lowest BCUT2D eigenvalue weighted by Crippen LogP contribution is -2.32. The Kier molecular flexibility index (Phi) is 3.82. The SMILES string of the molecule is CC1CN(Cc2coc3ccccc3c2=O)Cc2ccccc2O1. The summed E-state index contributed by atoms with van der Waals surface area (Å²) in [5.41, 5.74) is 2.50. The minimum Gasteiger partial charge on any atom is -0.489 e. The highest BCUT2D eigenvalue weighted by Crippen LogP contribution is 2.25. The lowest BCUT2D eigenvalue weighted by Gasteiger charge is -2.21. The van der Waals surface area contributed by atoms with Crippen LogP contribution in [0.4, 0.5) is 0 Å². The number of hydrogen-bond acceptors (Lipinski definition) is 4. The summed E-state index contributed by atoms with van der Waals surface area (Å²) >= 11 is 0. The molecule has 122 valence electrons. The van der Waals surface area contributed by atoms with E-state index in [1.54, 1.807) is 6.26 Å². The standard InChI is InChI=1S/C20H19NO3/c1-14-10-21(11-15-6-2-4-8-18(15)24-14)12-16-13-23-19-9-5-3-7-17(19)20(16)22/h2-9,13-14H,10-12H2,1H3. The number of nitrogens with zero attached hydrogens (tertiary/aromatic N) is 1. The van der Waals surface area contributed by atoms with Crippen molar-refractivity contribution in [3.63, 3.8) is 0 Å². The van der Waals surface area contributed by atoms with Crippen molar-refractivity contribution in [2.45, 2.75) is 26.1 Å². The summed E-state index contributed by atoms with van der Waals surface area (Å²) in [4.78, 5) is 14.9. The van der Waals surface area contributed by atoms with E-state index in [9.17, 15) is 4.79 Å². The lowest BCUT2D eigenvalue weighted by atomic mass is 10.1. The fourth-order valence-electron chi connectivity index (χ4n) is 3.26. The first-order chi connectivity index (χ1) is 11.7. The second-order valence-electron chi connectivity index (χ2n) is 6.29. The molecule has 2 aromatic carbocycles. The van der Waals surface area contributed by atoms with Crippen LogP contribution >= 0.6 is 0 Å². The minimum atomic E-state index is 0.0444. The molecule has 0 saturated heterocycles. The molecule has 24 heavy (non-hydrogen) atoms. The van der Waals surface area contributed by atoms with Crippen LogP contribution in [-0.2, 0) is 13.1 Å². The maximum absolute atomic E-state index is 12.7. The number of rotatable bonds is 2. The van der Waals surface area contributed by atoms with E-state index in [1.165, 1.54) is 0 Å². The molecular formula is C20H19NO3. The second-order valence-corrected chi connectivity index (χ2v) is 6.29. The van der Waals surface area contributed by atoms with Gasteiger partial charge in [-0.05, 0) is 25.1 Å². The van der Waals surface area contributed by atoms with Gasteiger partial charge in [-0.1, -0.05) is 30.3 Å². The highest BCUT2D eigenvalue weighted by Gasteiger charge is 2.21. The topological polar surface area (TPSA) is 42.7 Å². The van der Waals surface area contributed by atoms with Crippen molar-refractivity contribution >= 4 is 11.0 Å². The third kappa shape index (κ3) is 2.81. The Morgan fingerprint density at radius 3 is 2.83 bits per heavy atom. The van der Waals surface area contributed by atoms with E-state index in [-0.39, 0.29) is 11.5 Å². The maximum Gasteiger partial charge on any atom is 0.197 e. The highest BCUT2D eigenvalue weighted by atomic mass is 16.5. The molecule has 0 saturated carbocycles. The smallest absolute Gasteiger partial charge is 0.197 e. The average Bonchev–Trinajstić information content (AvgIpc) is 2.75. The molecular weight excluding hydrogens is 302 g/mol. The molecule has 3 aromatic rings. The molecule has 4 rings (SSSR count). The van der Waals surface area contributed by atoms with Crippen LogP contribution in [0, 0.1) is 0 Å². The number of benzene rings is 2. The van der Waals surface area contributed by atoms with Crippen LogP contribution in [0.5, 0.6) is 5.75 Å². The first-order valence-electron chi connectivity index (χ1n) is 8.17. The van der Waals surface area contributed by atoms with E-state index in [0.717, 1.165) is 24.4 Å². The molecule has 0 amide bonds. The quantitative estimate of drug-likeness (QED) is 0.723. The van der Waals surface area contributed by atoms with Crippen LogP contribution < -0.4 is 10.2 Å². The third-order valence-corrected chi connectivity index (χ3v) is 4.36. The summed E-state index contributed by atoms with van der Waals surface area (Å²) in [7, 11) is 0. The van der Waals surface area contributed by atoms with E-state index >= 15 is 0 Å². The molecule has 1 aliphatic rings. The normalized spacial score (nSPS) is 18.0. The molecule has 0 spiro atoms. The van der Waals surface area contributed by atoms with E-state index in [1.807, 2.05) is 42.5 Å². The van der Waals surface area contributed by atoms with Crippen molar-refractivity contribution in [2.75, 3.05) is 6.54 Å². The predicted molar refractivity (Wildman–Crippen MR) is 93.1 cm³/mol. The van der Waals surface area contributed by atoms with Gasteiger partial charge in [-0.2, -0.15) is 0 Å². The summed E-state index contributed by atoms with van der Waals surface area (Å²) in [6.07, 6.45) is 1.66. The zero-order chi connectivity index (χ0) is 16.5. The van der Waals surface area contributed by atoms with Crippen LogP contribution in [0.25, 0.3) is 11.0 Å². The molecule has 1 atom stereocenters. The predicted octanol–water partition coefficient (Wildman–Crippen LogP) is 3.58. The van der Waals surface area contributed by atoms with Gasteiger partial charge in [0.05, 0.1) is 11.6 Å². The molecule has 0 aliphatic carbocycles. The number of hydrogen-bond donors (Lipinski definition) is 0. The van der Waals surface area contributed by atoms with Crippen LogP contribution in [-0.4, -0.2) is 17.5 Å². The van der Waals surface area contributed by atoms with Gasteiger partial charge in [0.2, 0.25) is 0 Å². The average molecular weight is 321 g/mol. The maximum atomic E-state index is 12.7.